The summed E-state index contributed by atoms with van der Waals surface area (Å²) < 4.78 is 20.3. The molecule has 0 heterocycles. The summed E-state index contributed by atoms with van der Waals surface area (Å²) in [5, 5.41) is 2.66. The maximum atomic E-state index is 13.9. The van der Waals surface area contributed by atoms with E-state index in [9.17, 15) is 14.0 Å². The molecule has 0 saturated carbocycles. The van der Waals surface area contributed by atoms with Gasteiger partial charge in [0.05, 0.1) is 0 Å². The fourth-order valence-corrected chi connectivity index (χ4v) is 3.56. The van der Waals surface area contributed by atoms with Crippen molar-refractivity contribution >= 4 is 27.7 Å². The number of benzene rings is 3. The zero-order valence-electron chi connectivity index (χ0n) is 17.6. The first-order chi connectivity index (χ1) is 15.5. The van der Waals surface area contributed by atoms with Gasteiger partial charge in [0.25, 0.3) is 5.91 Å². The van der Waals surface area contributed by atoms with Crippen LogP contribution in [0.5, 0.6) is 5.75 Å². The number of halogens is 2. The summed E-state index contributed by atoms with van der Waals surface area (Å²) in [6, 6.07) is 22.1. The Bertz CT molecular complexity index is 1040. The monoisotopic (exact) mass is 498 g/mol. The maximum absolute atomic E-state index is 13.9. The number of hydrogen-bond donors (Lipinski definition) is 1. The van der Waals surface area contributed by atoms with E-state index < -0.39 is 17.8 Å². The Balaban J connectivity index is 1.87. The van der Waals surface area contributed by atoms with Gasteiger partial charge in [-0.15, -0.1) is 0 Å². The third kappa shape index (κ3) is 6.40. The van der Waals surface area contributed by atoms with E-state index in [2.05, 4.69) is 21.2 Å². The molecule has 3 rings (SSSR count). The molecule has 3 aromatic carbocycles. The van der Waals surface area contributed by atoms with Crippen LogP contribution in [-0.2, 0) is 22.6 Å². The van der Waals surface area contributed by atoms with Crippen LogP contribution in [0.15, 0.2) is 83.3 Å². The largest absolute Gasteiger partial charge is 0.481 e. The Morgan fingerprint density at radius 1 is 0.969 bits per heavy atom. The van der Waals surface area contributed by atoms with E-state index in [0.717, 1.165) is 15.6 Å². The molecule has 0 aliphatic rings. The van der Waals surface area contributed by atoms with E-state index >= 15 is 0 Å². The van der Waals surface area contributed by atoms with Crippen LogP contribution in [0.4, 0.5) is 4.39 Å². The lowest BCUT2D eigenvalue weighted by Crippen LogP contribution is -2.51. The molecule has 0 spiro atoms. The molecule has 5 nitrogen and oxygen atoms in total. The van der Waals surface area contributed by atoms with E-state index in [1.165, 1.54) is 17.0 Å². The van der Waals surface area contributed by atoms with Crippen LogP contribution < -0.4 is 10.1 Å². The summed E-state index contributed by atoms with van der Waals surface area (Å²) in [6.45, 7) is -0.183. The zero-order valence-corrected chi connectivity index (χ0v) is 19.2. The second kappa shape index (κ2) is 11.4. The van der Waals surface area contributed by atoms with Crippen LogP contribution in [0.2, 0.25) is 0 Å². The number of carbonyl (C=O) groups excluding carboxylic acids is 2. The molecular weight excluding hydrogens is 475 g/mol. The van der Waals surface area contributed by atoms with Crippen molar-refractivity contribution in [3.63, 3.8) is 0 Å². The summed E-state index contributed by atoms with van der Waals surface area (Å²) in [5.41, 5.74) is 1.78. The lowest BCUT2D eigenvalue weighted by Gasteiger charge is -2.31. The van der Waals surface area contributed by atoms with Gasteiger partial charge in [-0.3, -0.25) is 9.59 Å². The second-order valence-corrected chi connectivity index (χ2v) is 8.10. The van der Waals surface area contributed by atoms with Crippen LogP contribution in [0.25, 0.3) is 0 Å². The van der Waals surface area contributed by atoms with E-state index in [0.29, 0.717) is 6.42 Å². The lowest BCUT2D eigenvalue weighted by molar-refractivity contribution is -0.142. The standard InChI is InChI=1S/C25H24BrFN2O3/c1-28-25(31)22(15-18-7-3-2-4-8-18)29(16-19-11-13-20(26)14-12-19)24(30)17-32-23-10-6-5-9-21(23)27/h2-14,22H,15-17H2,1H3,(H,28,31). The highest BCUT2D eigenvalue weighted by molar-refractivity contribution is 9.10. The molecule has 3 aromatic rings. The van der Waals surface area contributed by atoms with Crippen LogP contribution in [-0.4, -0.2) is 36.4 Å². The first-order valence-electron chi connectivity index (χ1n) is 10.1. The molecule has 0 aromatic heterocycles. The first kappa shape index (κ1) is 23.5. The van der Waals surface area contributed by atoms with Crippen LogP contribution in [0.3, 0.4) is 0 Å². The number of amides is 2. The average molecular weight is 499 g/mol. The highest BCUT2D eigenvalue weighted by Crippen LogP contribution is 2.19. The molecule has 0 aliphatic carbocycles. The fraction of sp³-hybridized carbons (Fsp3) is 0.200. The molecule has 0 fully saturated rings. The number of para-hydroxylation sites is 1. The Kier molecular flexibility index (Phi) is 8.39. The topological polar surface area (TPSA) is 58.6 Å². The lowest BCUT2D eigenvalue weighted by atomic mass is 10.0. The van der Waals surface area contributed by atoms with Gasteiger partial charge in [-0.2, -0.15) is 0 Å². The number of likely N-dealkylation sites (N-methyl/N-ethyl adjacent to an activating group) is 1. The van der Waals surface area contributed by atoms with E-state index in [-0.39, 0.29) is 24.8 Å². The molecule has 1 N–H and O–H groups in total. The average Bonchev–Trinajstić information content (AvgIpc) is 2.82. The molecule has 7 heteroatoms. The van der Waals surface area contributed by atoms with Gasteiger partial charge in [0, 0.05) is 24.5 Å². The third-order valence-electron chi connectivity index (χ3n) is 4.97. The van der Waals surface area contributed by atoms with Crippen molar-refractivity contribution in [2.24, 2.45) is 0 Å². The molecule has 1 atom stereocenters. The summed E-state index contributed by atoms with van der Waals surface area (Å²) in [6.07, 6.45) is 0.336. The maximum Gasteiger partial charge on any atom is 0.261 e. The van der Waals surface area contributed by atoms with Gasteiger partial charge in [-0.05, 0) is 35.4 Å². The van der Waals surface area contributed by atoms with Gasteiger partial charge in [-0.1, -0.05) is 70.5 Å². The number of hydrogen-bond acceptors (Lipinski definition) is 3. The summed E-state index contributed by atoms with van der Waals surface area (Å²) in [7, 11) is 1.54. The number of ether oxygens (including phenoxy) is 1. The highest BCUT2D eigenvalue weighted by Gasteiger charge is 2.30. The van der Waals surface area contributed by atoms with Crippen LogP contribution >= 0.6 is 15.9 Å². The predicted molar refractivity (Wildman–Crippen MR) is 125 cm³/mol. The molecule has 2 amide bonds. The highest BCUT2D eigenvalue weighted by atomic mass is 79.9. The quantitative estimate of drug-likeness (QED) is 0.476. The van der Waals surface area contributed by atoms with Crippen molar-refractivity contribution in [3.05, 3.63) is 100 Å². The normalized spacial score (nSPS) is 11.5. The molecule has 0 bridgehead atoms. The minimum Gasteiger partial charge on any atom is -0.481 e. The molecule has 166 valence electrons. The molecule has 0 radical (unpaired) electrons. The number of nitrogens with one attached hydrogen (secondary N) is 1. The molecule has 0 saturated heterocycles. The smallest absolute Gasteiger partial charge is 0.261 e. The zero-order chi connectivity index (χ0) is 22.9. The summed E-state index contributed by atoms with van der Waals surface area (Å²) in [5.74, 6) is -1.26. The minimum absolute atomic E-state index is 0.0102. The minimum atomic E-state index is -0.761. The SMILES string of the molecule is CNC(=O)C(Cc1ccccc1)N(Cc1ccc(Br)cc1)C(=O)COc1ccccc1F. The number of carbonyl (C=O) groups is 2. The molecular formula is C25H24BrFN2O3. The molecule has 1 unspecified atom stereocenters. The van der Waals surface area contributed by atoms with Gasteiger partial charge < -0.3 is 15.0 Å². The van der Waals surface area contributed by atoms with Gasteiger partial charge in [0.15, 0.2) is 18.2 Å². The summed E-state index contributed by atoms with van der Waals surface area (Å²) >= 11 is 3.41. The Morgan fingerprint density at radius 2 is 1.62 bits per heavy atom. The Hall–Kier alpha value is -3.19. The Labute approximate surface area is 195 Å². The first-order valence-corrected chi connectivity index (χ1v) is 10.9. The third-order valence-corrected chi connectivity index (χ3v) is 5.50. The van der Waals surface area contributed by atoms with Gasteiger partial charge in [0.1, 0.15) is 6.04 Å². The van der Waals surface area contributed by atoms with Crippen molar-refractivity contribution in [2.75, 3.05) is 13.7 Å². The van der Waals surface area contributed by atoms with E-state index in [4.69, 9.17) is 4.74 Å². The van der Waals surface area contributed by atoms with Crippen molar-refractivity contribution in [2.45, 2.75) is 19.0 Å². The van der Waals surface area contributed by atoms with Crippen molar-refractivity contribution < 1.29 is 18.7 Å². The fourth-order valence-electron chi connectivity index (χ4n) is 3.29. The number of nitrogens with zero attached hydrogens (tertiary/aromatic N) is 1. The van der Waals surface area contributed by atoms with Crippen molar-refractivity contribution in [3.8, 4) is 5.75 Å². The van der Waals surface area contributed by atoms with Gasteiger partial charge in [-0.25, -0.2) is 4.39 Å². The summed E-state index contributed by atoms with van der Waals surface area (Å²) in [4.78, 5) is 27.5. The van der Waals surface area contributed by atoms with Crippen molar-refractivity contribution in [1.82, 2.24) is 10.2 Å². The second-order valence-electron chi connectivity index (χ2n) is 7.19. The Morgan fingerprint density at radius 3 is 2.28 bits per heavy atom. The van der Waals surface area contributed by atoms with Crippen molar-refractivity contribution in [1.29, 1.82) is 0 Å². The van der Waals surface area contributed by atoms with Gasteiger partial charge in [0.2, 0.25) is 5.91 Å². The van der Waals surface area contributed by atoms with Crippen LogP contribution in [0, 0.1) is 5.82 Å². The van der Waals surface area contributed by atoms with E-state index in [1.807, 2.05) is 54.6 Å². The molecule has 32 heavy (non-hydrogen) atoms. The van der Waals surface area contributed by atoms with E-state index in [1.54, 1.807) is 19.2 Å². The van der Waals surface area contributed by atoms with Gasteiger partial charge >= 0.3 is 0 Å². The molecule has 0 aliphatic heterocycles. The predicted octanol–water partition coefficient (Wildman–Crippen LogP) is 4.35. The number of rotatable bonds is 9. The van der Waals surface area contributed by atoms with Crippen LogP contribution in [0.1, 0.15) is 11.1 Å².